The Morgan fingerprint density at radius 1 is 1.20 bits per heavy atom. The van der Waals surface area contributed by atoms with Crippen molar-refractivity contribution >= 4 is 41.0 Å². The number of anilines is 1. The highest BCUT2D eigenvalue weighted by Crippen LogP contribution is 2.52. The van der Waals surface area contributed by atoms with Gasteiger partial charge >= 0.3 is 5.97 Å². The fourth-order valence-corrected chi connectivity index (χ4v) is 4.81. The van der Waals surface area contributed by atoms with Gasteiger partial charge in [0.25, 0.3) is 5.91 Å². The van der Waals surface area contributed by atoms with E-state index in [0.717, 1.165) is 11.3 Å². The van der Waals surface area contributed by atoms with E-state index in [-0.39, 0.29) is 35.5 Å². The van der Waals surface area contributed by atoms with E-state index in [4.69, 9.17) is 21.1 Å². The van der Waals surface area contributed by atoms with Crippen LogP contribution in [0.1, 0.15) is 13.3 Å². The fraction of sp³-hybridized carbons (Fsp3) is 0.429. The molecule has 0 spiro atoms. The van der Waals surface area contributed by atoms with Gasteiger partial charge in [-0.3, -0.25) is 19.3 Å². The molecular formula is C21H21ClN2O6. The summed E-state index contributed by atoms with van der Waals surface area (Å²) < 4.78 is 10.2. The van der Waals surface area contributed by atoms with Crippen LogP contribution in [-0.4, -0.2) is 48.3 Å². The lowest BCUT2D eigenvalue weighted by Crippen LogP contribution is -2.45. The maximum Gasteiger partial charge on any atom is 0.329 e. The second kappa shape index (κ2) is 7.75. The third-order valence-electron chi connectivity index (χ3n) is 6.01. The van der Waals surface area contributed by atoms with E-state index in [1.165, 1.54) is 20.1 Å². The van der Waals surface area contributed by atoms with Gasteiger partial charge in [-0.15, -0.1) is 0 Å². The van der Waals surface area contributed by atoms with Gasteiger partial charge in [0.1, 0.15) is 11.8 Å². The average Bonchev–Trinajstić information content (AvgIpc) is 3.39. The summed E-state index contributed by atoms with van der Waals surface area (Å²) in [6.45, 7) is 0.862. The molecule has 0 unspecified atom stereocenters. The van der Waals surface area contributed by atoms with Gasteiger partial charge in [-0.2, -0.15) is 0 Å². The van der Waals surface area contributed by atoms with E-state index in [1.54, 1.807) is 12.1 Å². The Labute approximate surface area is 178 Å². The number of fused-ring (bicyclic) bond motifs is 5. The van der Waals surface area contributed by atoms with E-state index in [9.17, 15) is 19.2 Å². The molecule has 1 aromatic rings. The molecular weight excluding hydrogens is 412 g/mol. The number of imide groups is 1. The maximum absolute atomic E-state index is 12.8. The predicted octanol–water partition coefficient (Wildman–Crippen LogP) is 2.03. The first kappa shape index (κ1) is 20.4. The largest absolute Gasteiger partial charge is 0.495 e. The number of amides is 3. The lowest BCUT2D eigenvalue weighted by molar-refractivity contribution is -0.159. The van der Waals surface area contributed by atoms with Crippen LogP contribution in [-0.2, 0) is 23.9 Å². The van der Waals surface area contributed by atoms with Crippen LogP contribution in [0, 0.1) is 23.7 Å². The van der Waals surface area contributed by atoms with Gasteiger partial charge in [0.2, 0.25) is 11.8 Å². The van der Waals surface area contributed by atoms with Gasteiger partial charge in [0, 0.05) is 5.02 Å². The number of hydrogen-bond acceptors (Lipinski definition) is 6. The first-order chi connectivity index (χ1) is 14.3. The summed E-state index contributed by atoms with van der Waals surface area (Å²) in [4.78, 5) is 51.2. The Kier molecular flexibility index (Phi) is 5.27. The van der Waals surface area contributed by atoms with Crippen LogP contribution in [0.4, 0.5) is 5.69 Å². The smallest absolute Gasteiger partial charge is 0.329 e. The summed E-state index contributed by atoms with van der Waals surface area (Å²) in [5, 5.41) is 2.95. The molecule has 5 atom stereocenters. The van der Waals surface area contributed by atoms with E-state index in [0.29, 0.717) is 16.5 Å². The molecule has 2 bridgehead atoms. The van der Waals surface area contributed by atoms with E-state index < -0.39 is 24.5 Å². The van der Waals surface area contributed by atoms with Crippen LogP contribution in [0.5, 0.6) is 5.75 Å². The van der Waals surface area contributed by atoms with Crippen LogP contribution in [0.2, 0.25) is 5.02 Å². The third-order valence-corrected chi connectivity index (χ3v) is 6.25. The van der Waals surface area contributed by atoms with Crippen molar-refractivity contribution in [2.75, 3.05) is 19.0 Å². The van der Waals surface area contributed by atoms with Crippen molar-refractivity contribution < 1.29 is 28.7 Å². The van der Waals surface area contributed by atoms with E-state index >= 15 is 0 Å². The Bertz CT molecular complexity index is 931. The number of rotatable bonds is 6. The first-order valence-electron chi connectivity index (χ1n) is 9.67. The second-order valence-corrected chi connectivity index (χ2v) is 8.16. The molecule has 1 N–H and O–H groups in total. The number of allylic oxidation sites excluding steroid dienone is 2. The van der Waals surface area contributed by atoms with Crippen molar-refractivity contribution in [1.29, 1.82) is 0 Å². The number of nitrogens with zero attached hydrogens (tertiary/aromatic N) is 1. The molecule has 1 saturated carbocycles. The minimum Gasteiger partial charge on any atom is -0.495 e. The van der Waals surface area contributed by atoms with Gasteiger partial charge in [0.05, 0.1) is 24.6 Å². The molecule has 3 aliphatic rings. The zero-order valence-corrected chi connectivity index (χ0v) is 17.2. The minimum absolute atomic E-state index is 0.0584. The number of methoxy groups -OCH3 is 1. The SMILES string of the molecule is COc1ccc(Cl)cc1NC(=O)COC(=O)[C@@H](C)N1C(=O)[C@@H]2[C@H](C1=O)[C@H]1C=C[C@H]2C1. The standard InChI is InChI=1S/C21H21ClN2O6/c1-10(24-19(26)17-11-3-4-12(7-11)18(17)20(24)27)21(28)30-9-16(25)23-14-8-13(22)5-6-15(14)29-2/h3-6,8,10-12,17-18H,7,9H2,1-2H3,(H,23,25)/t10-,11+,12+,17-,18+/m1/s1. The van der Waals surface area contributed by atoms with E-state index in [2.05, 4.69) is 5.32 Å². The molecule has 1 heterocycles. The fourth-order valence-electron chi connectivity index (χ4n) is 4.63. The zero-order chi connectivity index (χ0) is 21.6. The van der Waals surface area contributed by atoms with E-state index in [1.807, 2.05) is 12.2 Å². The molecule has 30 heavy (non-hydrogen) atoms. The highest BCUT2D eigenvalue weighted by Gasteiger charge is 2.60. The van der Waals surface area contributed by atoms with Gasteiger partial charge in [-0.1, -0.05) is 23.8 Å². The number of ether oxygens (including phenoxy) is 2. The number of likely N-dealkylation sites (tertiary alicyclic amines) is 1. The summed E-state index contributed by atoms with van der Waals surface area (Å²) in [6, 6.07) is 3.61. The summed E-state index contributed by atoms with van der Waals surface area (Å²) in [5.74, 6) is -2.34. The van der Waals surface area contributed by atoms with Crippen molar-refractivity contribution in [3.63, 3.8) is 0 Å². The number of carbonyl (C=O) groups excluding carboxylic acids is 4. The molecule has 1 saturated heterocycles. The summed E-state index contributed by atoms with van der Waals surface area (Å²) in [6.07, 6.45) is 4.78. The zero-order valence-electron chi connectivity index (χ0n) is 16.5. The van der Waals surface area contributed by atoms with Crippen LogP contribution in [0.15, 0.2) is 30.4 Å². The molecule has 3 amide bonds. The van der Waals surface area contributed by atoms with Crippen molar-refractivity contribution in [3.8, 4) is 5.75 Å². The molecule has 1 aromatic carbocycles. The average molecular weight is 433 g/mol. The number of hydrogen-bond donors (Lipinski definition) is 1. The van der Waals surface area contributed by atoms with Crippen molar-refractivity contribution in [2.24, 2.45) is 23.7 Å². The first-order valence-corrected chi connectivity index (χ1v) is 10.0. The molecule has 4 rings (SSSR count). The number of nitrogens with one attached hydrogen (secondary N) is 1. The normalized spacial score (nSPS) is 27.2. The van der Waals surface area contributed by atoms with Crippen LogP contribution in [0.25, 0.3) is 0 Å². The van der Waals surface area contributed by atoms with Gasteiger partial charge in [-0.05, 0) is 43.4 Å². The van der Waals surface area contributed by atoms with Gasteiger partial charge in [-0.25, -0.2) is 4.79 Å². The molecule has 2 aliphatic carbocycles. The third kappa shape index (κ3) is 3.35. The number of benzene rings is 1. The van der Waals surface area contributed by atoms with Crippen LogP contribution < -0.4 is 10.1 Å². The maximum atomic E-state index is 12.8. The van der Waals surface area contributed by atoms with Crippen LogP contribution >= 0.6 is 11.6 Å². The number of halogens is 1. The number of esters is 1. The molecule has 2 fully saturated rings. The lowest BCUT2D eigenvalue weighted by Gasteiger charge is -2.23. The van der Waals surface area contributed by atoms with Gasteiger partial charge in [0.15, 0.2) is 6.61 Å². The van der Waals surface area contributed by atoms with Crippen molar-refractivity contribution in [1.82, 2.24) is 4.90 Å². The Hall–Kier alpha value is -2.87. The summed E-state index contributed by atoms with van der Waals surface area (Å²) >= 11 is 5.93. The van der Waals surface area contributed by atoms with Crippen LogP contribution in [0.3, 0.4) is 0 Å². The second-order valence-electron chi connectivity index (χ2n) is 7.72. The molecule has 9 heteroatoms. The Balaban J connectivity index is 1.35. The molecule has 0 aromatic heterocycles. The highest BCUT2D eigenvalue weighted by atomic mass is 35.5. The molecule has 1 aliphatic heterocycles. The van der Waals surface area contributed by atoms with Gasteiger partial charge < -0.3 is 14.8 Å². The monoisotopic (exact) mass is 432 g/mol. The van der Waals surface area contributed by atoms with Crippen molar-refractivity contribution in [2.45, 2.75) is 19.4 Å². The van der Waals surface area contributed by atoms with Crippen molar-refractivity contribution in [3.05, 3.63) is 35.4 Å². The Morgan fingerprint density at radius 2 is 1.83 bits per heavy atom. The molecule has 8 nitrogen and oxygen atoms in total. The Morgan fingerprint density at radius 3 is 2.43 bits per heavy atom. The highest BCUT2D eigenvalue weighted by molar-refractivity contribution is 6.31. The lowest BCUT2D eigenvalue weighted by atomic mass is 9.85. The minimum atomic E-state index is -1.09. The molecule has 158 valence electrons. The number of carbonyl (C=O) groups is 4. The molecule has 0 radical (unpaired) electrons. The predicted molar refractivity (Wildman–Crippen MR) is 107 cm³/mol. The summed E-state index contributed by atoms with van der Waals surface area (Å²) in [5.41, 5.74) is 0.333. The topological polar surface area (TPSA) is 102 Å². The quantitative estimate of drug-likeness (QED) is 0.419. The summed E-state index contributed by atoms with van der Waals surface area (Å²) in [7, 11) is 1.45.